The molecule has 1 amide bonds. The molecule has 0 spiro atoms. The molecule has 1 aliphatic rings. The van der Waals surface area contributed by atoms with Gasteiger partial charge in [0.1, 0.15) is 17.2 Å². The van der Waals surface area contributed by atoms with Crippen LogP contribution in [-0.2, 0) is 13.0 Å². The average Bonchev–Trinajstić information content (AvgIpc) is 3.44. The molecule has 1 fully saturated rings. The Morgan fingerprint density at radius 3 is 2.91 bits per heavy atom. The minimum absolute atomic E-state index is 0.141. The van der Waals surface area contributed by atoms with E-state index in [1.807, 2.05) is 6.07 Å². The van der Waals surface area contributed by atoms with E-state index in [4.69, 9.17) is 5.73 Å². The van der Waals surface area contributed by atoms with Gasteiger partial charge in [0, 0.05) is 44.2 Å². The van der Waals surface area contributed by atoms with E-state index in [2.05, 4.69) is 25.3 Å². The zero-order chi connectivity index (χ0) is 22.5. The highest BCUT2D eigenvalue weighted by atomic mass is 19.1. The molecule has 0 bridgehead atoms. The van der Waals surface area contributed by atoms with E-state index >= 15 is 0 Å². The van der Waals surface area contributed by atoms with Crippen LogP contribution >= 0.6 is 0 Å². The molecular formula is C24H27FN6O. The summed E-state index contributed by atoms with van der Waals surface area (Å²) in [4.78, 5) is 29.1. The number of nitrogens with two attached hydrogens (primary N) is 1. The van der Waals surface area contributed by atoms with Crippen LogP contribution < -0.4 is 11.1 Å². The number of benzene rings is 1. The quantitative estimate of drug-likeness (QED) is 0.492. The van der Waals surface area contributed by atoms with Gasteiger partial charge in [-0.2, -0.15) is 0 Å². The highest BCUT2D eigenvalue weighted by molar-refractivity contribution is 6.09. The fourth-order valence-electron chi connectivity index (χ4n) is 4.28. The van der Waals surface area contributed by atoms with Gasteiger partial charge in [0.05, 0.1) is 5.52 Å². The molecule has 2 heterocycles. The second-order valence-electron chi connectivity index (χ2n) is 8.13. The molecule has 0 radical (unpaired) electrons. The van der Waals surface area contributed by atoms with E-state index in [1.165, 1.54) is 44.0 Å². The lowest BCUT2D eigenvalue weighted by atomic mass is 10.0. The van der Waals surface area contributed by atoms with Crippen LogP contribution in [-0.4, -0.2) is 34.1 Å². The SMILES string of the molecule is CN=CC(=CN)c1cc(F)cc(CNC(=O)c2nccc3[nH]c(CC4CCCC4)nc23)c1. The Balaban J connectivity index is 1.51. The van der Waals surface area contributed by atoms with Gasteiger partial charge in [-0.25, -0.2) is 14.4 Å². The predicted molar refractivity (Wildman–Crippen MR) is 124 cm³/mol. The van der Waals surface area contributed by atoms with Gasteiger partial charge in [0.15, 0.2) is 5.69 Å². The Morgan fingerprint density at radius 2 is 2.16 bits per heavy atom. The van der Waals surface area contributed by atoms with Crippen LogP contribution in [0.3, 0.4) is 0 Å². The van der Waals surface area contributed by atoms with E-state index < -0.39 is 5.82 Å². The molecule has 1 aliphatic carbocycles. The van der Waals surface area contributed by atoms with Crippen molar-refractivity contribution >= 4 is 28.7 Å². The smallest absolute Gasteiger partial charge is 0.272 e. The van der Waals surface area contributed by atoms with E-state index in [1.54, 1.807) is 25.5 Å². The number of carbonyl (C=O) groups is 1. The van der Waals surface area contributed by atoms with Gasteiger partial charge in [-0.3, -0.25) is 9.79 Å². The molecule has 4 rings (SSSR count). The van der Waals surface area contributed by atoms with Gasteiger partial charge in [-0.1, -0.05) is 25.7 Å². The second kappa shape index (κ2) is 9.72. The van der Waals surface area contributed by atoms with Gasteiger partial charge in [0.25, 0.3) is 5.91 Å². The van der Waals surface area contributed by atoms with Crippen molar-refractivity contribution < 1.29 is 9.18 Å². The maximum atomic E-state index is 14.1. The lowest BCUT2D eigenvalue weighted by Crippen LogP contribution is -2.24. The third kappa shape index (κ3) is 4.85. The van der Waals surface area contributed by atoms with Crippen molar-refractivity contribution in [2.24, 2.45) is 16.6 Å². The van der Waals surface area contributed by atoms with E-state index in [0.29, 0.717) is 28.1 Å². The highest BCUT2D eigenvalue weighted by Crippen LogP contribution is 2.28. The van der Waals surface area contributed by atoms with Crippen molar-refractivity contribution in [3.8, 4) is 0 Å². The van der Waals surface area contributed by atoms with Crippen LogP contribution in [0.1, 0.15) is 53.1 Å². The summed E-state index contributed by atoms with van der Waals surface area (Å²) in [5.74, 6) is 0.764. The highest BCUT2D eigenvalue weighted by Gasteiger charge is 2.20. The number of fused-ring (bicyclic) bond motifs is 1. The summed E-state index contributed by atoms with van der Waals surface area (Å²) in [5.41, 5.74) is 9.03. The molecule has 1 aromatic carbocycles. The van der Waals surface area contributed by atoms with Gasteiger partial charge >= 0.3 is 0 Å². The standard InChI is InChI=1S/C24H27FN6O/c1-27-14-18(12-26)17-8-16(9-19(25)11-17)13-29-24(32)23-22-20(6-7-28-23)30-21(31-22)10-15-4-2-3-5-15/h6-9,11-12,14-15H,2-5,10,13,26H2,1H3,(H,29,32)(H,30,31). The topological polar surface area (TPSA) is 109 Å². The molecule has 0 unspecified atom stereocenters. The number of amides is 1. The first-order valence-electron chi connectivity index (χ1n) is 10.8. The number of imidazole rings is 1. The van der Waals surface area contributed by atoms with Crippen LogP contribution in [0.5, 0.6) is 0 Å². The average molecular weight is 435 g/mol. The minimum Gasteiger partial charge on any atom is -0.404 e. The summed E-state index contributed by atoms with van der Waals surface area (Å²) in [6.45, 7) is 0.141. The number of hydrogen-bond donors (Lipinski definition) is 3. The number of aliphatic imine (C=N–C) groups is 1. The fourth-order valence-corrected chi connectivity index (χ4v) is 4.28. The summed E-state index contributed by atoms with van der Waals surface area (Å²) in [5, 5.41) is 2.83. The van der Waals surface area contributed by atoms with Crippen molar-refractivity contribution in [2.75, 3.05) is 7.05 Å². The predicted octanol–water partition coefficient (Wildman–Crippen LogP) is 3.76. The number of aromatic nitrogens is 3. The van der Waals surface area contributed by atoms with Crippen LogP contribution in [0.15, 0.2) is 41.7 Å². The van der Waals surface area contributed by atoms with Gasteiger partial charge in [-0.05, 0) is 41.3 Å². The number of nitrogens with zero attached hydrogens (tertiary/aromatic N) is 3. The summed E-state index contributed by atoms with van der Waals surface area (Å²) >= 11 is 0. The normalized spacial score (nSPS) is 15.1. The molecule has 2 aromatic heterocycles. The Kier molecular flexibility index (Phi) is 6.58. The zero-order valence-electron chi connectivity index (χ0n) is 18.1. The third-order valence-electron chi connectivity index (χ3n) is 5.81. The molecule has 8 heteroatoms. The minimum atomic E-state index is -0.417. The maximum absolute atomic E-state index is 14.1. The van der Waals surface area contributed by atoms with Crippen LogP contribution in [0.2, 0.25) is 0 Å². The molecule has 0 saturated heterocycles. The molecule has 0 aliphatic heterocycles. The van der Waals surface area contributed by atoms with Crippen molar-refractivity contribution in [1.82, 2.24) is 20.3 Å². The molecule has 4 N–H and O–H groups in total. The summed E-state index contributed by atoms with van der Waals surface area (Å²) in [6.07, 6.45) is 10.4. The number of hydrogen-bond acceptors (Lipinski definition) is 5. The Morgan fingerprint density at radius 1 is 1.34 bits per heavy atom. The first kappa shape index (κ1) is 21.7. The Bertz CT molecular complexity index is 1180. The number of allylic oxidation sites excluding steroid dienone is 1. The Labute approximate surface area is 186 Å². The molecule has 3 aromatic rings. The van der Waals surface area contributed by atoms with Crippen LogP contribution in [0.25, 0.3) is 16.6 Å². The van der Waals surface area contributed by atoms with Crippen LogP contribution in [0.4, 0.5) is 4.39 Å². The van der Waals surface area contributed by atoms with Crippen molar-refractivity contribution in [3.05, 3.63) is 65.1 Å². The largest absolute Gasteiger partial charge is 0.404 e. The Hall–Kier alpha value is -3.55. The van der Waals surface area contributed by atoms with Crippen molar-refractivity contribution in [2.45, 2.75) is 38.6 Å². The molecule has 166 valence electrons. The first-order valence-corrected chi connectivity index (χ1v) is 10.8. The van der Waals surface area contributed by atoms with E-state index in [-0.39, 0.29) is 18.1 Å². The maximum Gasteiger partial charge on any atom is 0.272 e. The lowest BCUT2D eigenvalue weighted by molar-refractivity contribution is 0.0947. The van der Waals surface area contributed by atoms with E-state index in [9.17, 15) is 9.18 Å². The number of carbonyl (C=O) groups excluding carboxylic acids is 1. The zero-order valence-corrected chi connectivity index (χ0v) is 18.1. The summed E-state index contributed by atoms with van der Waals surface area (Å²) in [6, 6.07) is 6.35. The van der Waals surface area contributed by atoms with Crippen molar-refractivity contribution in [3.63, 3.8) is 0 Å². The third-order valence-corrected chi connectivity index (χ3v) is 5.81. The second-order valence-corrected chi connectivity index (χ2v) is 8.13. The van der Waals surface area contributed by atoms with Gasteiger partial charge in [-0.15, -0.1) is 0 Å². The molecule has 32 heavy (non-hydrogen) atoms. The molecular weight excluding hydrogens is 407 g/mol. The molecule has 0 atom stereocenters. The van der Waals surface area contributed by atoms with Gasteiger partial charge < -0.3 is 16.0 Å². The molecule has 1 saturated carbocycles. The number of pyridine rings is 1. The fraction of sp³-hybridized carbons (Fsp3) is 0.333. The molecule has 7 nitrogen and oxygen atoms in total. The first-order chi connectivity index (χ1) is 15.6. The number of aromatic amines is 1. The number of H-pyrrole nitrogens is 1. The number of nitrogens with one attached hydrogen (secondary N) is 2. The van der Waals surface area contributed by atoms with Gasteiger partial charge in [0.2, 0.25) is 0 Å². The monoisotopic (exact) mass is 434 g/mol. The lowest BCUT2D eigenvalue weighted by Gasteiger charge is -2.08. The number of rotatable bonds is 7. The van der Waals surface area contributed by atoms with Crippen molar-refractivity contribution in [1.29, 1.82) is 0 Å². The van der Waals surface area contributed by atoms with Crippen LogP contribution in [0, 0.1) is 11.7 Å². The number of halogens is 1. The summed E-state index contributed by atoms with van der Waals surface area (Å²) in [7, 11) is 1.62. The van der Waals surface area contributed by atoms with E-state index in [0.717, 1.165) is 17.8 Å². The summed E-state index contributed by atoms with van der Waals surface area (Å²) < 4.78 is 14.1.